The first-order valence-corrected chi connectivity index (χ1v) is 11.8. The predicted octanol–water partition coefficient (Wildman–Crippen LogP) is 6.50. The standard InChI is InChI=1S/C18H37F3O3Si/c1-4-22-25(23-5-2,24-6-3)17-15-13-11-9-7-8-10-12-14-16-18(19,20)21/h4-17H2,1-3H3. The van der Waals surface area contributed by atoms with Gasteiger partial charge in [0.25, 0.3) is 0 Å². The average Bonchev–Trinajstić information content (AvgIpc) is 2.52. The van der Waals surface area contributed by atoms with Crippen molar-refractivity contribution in [3.63, 3.8) is 0 Å². The van der Waals surface area contributed by atoms with Crippen LogP contribution in [0.5, 0.6) is 0 Å². The second kappa shape index (κ2) is 15.0. The molecule has 0 fully saturated rings. The van der Waals surface area contributed by atoms with Crippen molar-refractivity contribution in [3.05, 3.63) is 0 Å². The van der Waals surface area contributed by atoms with Crippen molar-refractivity contribution in [1.29, 1.82) is 0 Å². The lowest BCUT2D eigenvalue weighted by Gasteiger charge is -2.28. The van der Waals surface area contributed by atoms with E-state index < -0.39 is 21.4 Å². The van der Waals surface area contributed by atoms with Crippen molar-refractivity contribution < 1.29 is 26.4 Å². The van der Waals surface area contributed by atoms with Crippen molar-refractivity contribution in [2.45, 2.75) is 97.2 Å². The fourth-order valence-electron chi connectivity index (χ4n) is 2.91. The first kappa shape index (κ1) is 24.9. The Morgan fingerprint density at radius 1 is 0.600 bits per heavy atom. The van der Waals surface area contributed by atoms with E-state index in [4.69, 9.17) is 13.3 Å². The minimum Gasteiger partial charge on any atom is -0.374 e. The predicted molar refractivity (Wildman–Crippen MR) is 97.7 cm³/mol. The van der Waals surface area contributed by atoms with Gasteiger partial charge in [-0.15, -0.1) is 0 Å². The second-order valence-electron chi connectivity index (χ2n) is 6.28. The molecule has 0 amide bonds. The number of unbranched alkanes of at least 4 members (excludes halogenated alkanes) is 8. The fourth-order valence-corrected chi connectivity index (χ4v) is 5.59. The van der Waals surface area contributed by atoms with Gasteiger partial charge in [-0.25, -0.2) is 0 Å². The lowest BCUT2D eigenvalue weighted by molar-refractivity contribution is -0.135. The van der Waals surface area contributed by atoms with Gasteiger partial charge < -0.3 is 13.3 Å². The zero-order chi connectivity index (χ0) is 19.0. The molecule has 0 aliphatic rings. The molecule has 0 aliphatic heterocycles. The highest BCUT2D eigenvalue weighted by Gasteiger charge is 2.39. The summed E-state index contributed by atoms with van der Waals surface area (Å²) >= 11 is 0. The molecule has 0 bridgehead atoms. The van der Waals surface area contributed by atoms with E-state index in [2.05, 4.69) is 0 Å². The van der Waals surface area contributed by atoms with Gasteiger partial charge in [-0.2, -0.15) is 13.2 Å². The highest BCUT2D eigenvalue weighted by molar-refractivity contribution is 6.60. The molecule has 0 N–H and O–H groups in total. The monoisotopic (exact) mass is 386 g/mol. The molecule has 7 heteroatoms. The topological polar surface area (TPSA) is 27.7 Å². The van der Waals surface area contributed by atoms with Crippen molar-refractivity contribution in [3.8, 4) is 0 Å². The smallest absolute Gasteiger partial charge is 0.374 e. The van der Waals surface area contributed by atoms with Gasteiger partial charge in [0.2, 0.25) is 0 Å². The third-order valence-electron chi connectivity index (χ3n) is 4.04. The maximum absolute atomic E-state index is 12.0. The van der Waals surface area contributed by atoms with Gasteiger partial charge in [-0.1, -0.05) is 44.9 Å². The minimum absolute atomic E-state index is 0.266. The molecule has 0 aromatic heterocycles. The van der Waals surface area contributed by atoms with Gasteiger partial charge in [0, 0.05) is 32.3 Å². The molecule has 0 atom stereocenters. The van der Waals surface area contributed by atoms with Crippen LogP contribution < -0.4 is 0 Å². The third-order valence-corrected chi connectivity index (χ3v) is 7.19. The number of alkyl halides is 3. The van der Waals surface area contributed by atoms with E-state index in [0.717, 1.165) is 51.0 Å². The SMILES string of the molecule is CCO[Si](CCCCCCCCCCCC(F)(F)F)(OCC)OCC. The molecule has 0 radical (unpaired) electrons. The normalized spacial score (nSPS) is 12.7. The maximum atomic E-state index is 12.0. The summed E-state index contributed by atoms with van der Waals surface area (Å²) in [5.74, 6) is 0. The van der Waals surface area contributed by atoms with E-state index in [9.17, 15) is 13.2 Å². The van der Waals surface area contributed by atoms with Crippen LogP contribution in [0.25, 0.3) is 0 Å². The highest BCUT2D eigenvalue weighted by atomic mass is 28.4. The Morgan fingerprint density at radius 2 is 0.960 bits per heavy atom. The zero-order valence-corrected chi connectivity index (χ0v) is 17.3. The molecule has 0 saturated carbocycles. The van der Waals surface area contributed by atoms with Crippen molar-refractivity contribution in [1.82, 2.24) is 0 Å². The van der Waals surface area contributed by atoms with Crippen molar-refractivity contribution in [2.24, 2.45) is 0 Å². The molecule has 0 heterocycles. The van der Waals surface area contributed by atoms with Crippen LogP contribution >= 0.6 is 0 Å². The third kappa shape index (κ3) is 14.7. The minimum atomic E-state index is -4.00. The molecule has 0 saturated heterocycles. The molecule has 0 aromatic carbocycles. The van der Waals surface area contributed by atoms with E-state index in [1.165, 1.54) is 0 Å². The summed E-state index contributed by atoms with van der Waals surface area (Å²) in [7, 11) is -2.49. The van der Waals surface area contributed by atoms with Gasteiger partial charge in [0.1, 0.15) is 0 Å². The fraction of sp³-hybridized carbons (Fsp3) is 1.00. The van der Waals surface area contributed by atoms with E-state index >= 15 is 0 Å². The van der Waals surface area contributed by atoms with Gasteiger partial charge >= 0.3 is 15.0 Å². The summed E-state index contributed by atoms with van der Waals surface area (Å²) in [6.07, 6.45) is 3.82. The average molecular weight is 387 g/mol. The molecular formula is C18H37F3O3Si. The molecule has 0 aliphatic carbocycles. The Morgan fingerprint density at radius 3 is 1.32 bits per heavy atom. The Bertz CT molecular complexity index is 285. The Hall–Kier alpha value is -0.113. The Balaban J connectivity index is 3.66. The van der Waals surface area contributed by atoms with Gasteiger partial charge in [-0.05, 0) is 33.6 Å². The van der Waals surface area contributed by atoms with E-state index in [1.807, 2.05) is 20.8 Å². The molecule has 0 aromatic rings. The maximum Gasteiger partial charge on any atom is 0.500 e. The lowest BCUT2D eigenvalue weighted by Crippen LogP contribution is -2.45. The molecule has 0 rings (SSSR count). The molecule has 152 valence electrons. The molecule has 0 spiro atoms. The first-order chi connectivity index (χ1) is 11.9. The second-order valence-corrected chi connectivity index (χ2v) is 9.01. The first-order valence-electron chi connectivity index (χ1n) is 9.87. The van der Waals surface area contributed by atoms with Crippen LogP contribution in [0.4, 0.5) is 13.2 Å². The molecule has 25 heavy (non-hydrogen) atoms. The van der Waals surface area contributed by atoms with Gasteiger partial charge in [0.15, 0.2) is 0 Å². The largest absolute Gasteiger partial charge is 0.500 e. The lowest BCUT2D eigenvalue weighted by atomic mass is 10.1. The van der Waals surface area contributed by atoms with Crippen molar-refractivity contribution >= 4 is 8.80 Å². The number of rotatable bonds is 17. The number of halogens is 3. The van der Waals surface area contributed by atoms with Crippen LogP contribution in [0.1, 0.15) is 85.0 Å². The summed E-state index contributed by atoms with van der Waals surface area (Å²) in [6, 6.07) is 0.861. The van der Waals surface area contributed by atoms with Crippen LogP contribution in [0, 0.1) is 0 Å². The Kier molecular flexibility index (Phi) is 14.9. The van der Waals surface area contributed by atoms with Crippen molar-refractivity contribution in [2.75, 3.05) is 19.8 Å². The van der Waals surface area contributed by atoms with E-state index in [1.54, 1.807) is 0 Å². The van der Waals surface area contributed by atoms with Crippen LogP contribution in [-0.2, 0) is 13.3 Å². The molecular weight excluding hydrogens is 349 g/mol. The zero-order valence-electron chi connectivity index (χ0n) is 16.3. The molecule has 0 unspecified atom stereocenters. The van der Waals surface area contributed by atoms with Gasteiger partial charge in [-0.3, -0.25) is 0 Å². The van der Waals surface area contributed by atoms with Crippen LogP contribution in [0.2, 0.25) is 6.04 Å². The van der Waals surface area contributed by atoms with Crippen LogP contribution in [-0.4, -0.2) is 34.8 Å². The van der Waals surface area contributed by atoms with Gasteiger partial charge in [0.05, 0.1) is 0 Å². The summed E-state index contributed by atoms with van der Waals surface area (Å²) in [4.78, 5) is 0. The summed E-state index contributed by atoms with van der Waals surface area (Å²) in [5.41, 5.74) is 0. The van der Waals surface area contributed by atoms with Crippen LogP contribution in [0.15, 0.2) is 0 Å². The summed E-state index contributed by atoms with van der Waals surface area (Å²) in [6.45, 7) is 7.74. The number of hydrogen-bond acceptors (Lipinski definition) is 3. The highest BCUT2D eigenvalue weighted by Crippen LogP contribution is 2.23. The number of hydrogen-bond donors (Lipinski definition) is 0. The summed E-state index contributed by atoms with van der Waals surface area (Å²) in [5, 5.41) is 0. The van der Waals surface area contributed by atoms with E-state index in [-0.39, 0.29) is 6.42 Å². The quantitative estimate of drug-likeness (QED) is 0.211. The Labute approximate surface area is 153 Å². The van der Waals surface area contributed by atoms with E-state index in [0.29, 0.717) is 26.2 Å². The molecule has 3 nitrogen and oxygen atoms in total. The summed E-state index contributed by atoms with van der Waals surface area (Å²) < 4.78 is 53.5. The van der Waals surface area contributed by atoms with Crippen LogP contribution in [0.3, 0.4) is 0 Å².